The van der Waals surface area contributed by atoms with Crippen LogP contribution >= 0.6 is 12.4 Å². The van der Waals surface area contributed by atoms with E-state index in [1.54, 1.807) is 0 Å². The summed E-state index contributed by atoms with van der Waals surface area (Å²) >= 11 is 0. The molecule has 1 aliphatic rings. The highest BCUT2D eigenvalue weighted by Crippen LogP contribution is 2.21. The Morgan fingerprint density at radius 2 is 1.33 bits per heavy atom. The number of nitrogen functional groups attached to an aromatic ring is 1. The first-order chi connectivity index (χ1) is 6.86. The zero-order valence-electron chi connectivity index (χ0n) is 8.34. The van der Waals surface area contributed by atoms with Crippen molar-refractivity contribution in [2.75, 3.05) is 5.73 Å². The van der Waals surface area contributed by atoms with Gasteiger partial charge >= 0.3 is 0 Å². The molecule has 2 heteroatoms. The van der Waals surface area contributed by atoms with Crippen LogP contribution in [0.2, 0.25) is 0 Å². The number of rotatable bonds is 1. The maximum absolute atomic E-state index is 5.64. The lowest BCUT2D eigenvalue weighted by atomic mass is 9.98. The highest BCUT2D eigenvalue weighted by atomic mass is 35.5. The summed E-state index contributed by atoms with van der Waals surface area (Å²) in [7, 11) is 0. The van der Waals surface area contributed by atoms with Crippen LogP contribution in [-0.2, 0) is 0 Å². The topological polar surface area (TPSA) is 26.0 Å². The molecule has 0 saturated heterocycles. The molecular formula is C13H14ClN. The van der Waals surface area contributed by atoms with Crippen LogP contribution in [0, 0.1) is 0 Å². The van der Waals surface area contributed by atoms with Crippen molar-refractivity contribution < 1.29 is 0 Å². The average molecular weight is 220 g/mol. The summed E-state index contributed by atoms with van der Waals surface area (Å²) in [6.07, 6.45) is 12.6. The Bertz CT molecular complexity index is 372. The predicted octanol–water partition coefficient (Wildman–Crippen LogP) is 3.46. The first-order valence-corrected chi connectivity index (χ1v) is 4.73. The zero-order chi connectivity index (χ0) is 9.80. The number of allylic oxidation sites excluding steroid dienone is 6. The summed E-state index contributed by atoms with van der Waals surface area (Å²) in [6.45, 7) is 0. The number of anilines is 1. The van der Waals surface area contributed by atoms with Crippen LogP contribution < -0.4 is 5.73 Å². The molecule has 2 rings (SSSR count). The van der Waals surface area contributed by atoms with E-state index < -0.39 is 0 Å². The van der Waals surface area contributed by atoms with Crippen LogP contribution in [0.25, 0.3) is 0 Å². The van der Waals surface area contributed by atoms with Crippen LogP contribution in [0.5, 0.6) is 0 Å². The van der Waals surface area contributed by atoms with E-state index in [1.165, 1.54) is 5.56 Å². The molecule has 0 spiro atoms. The summed E-state index contributed by atoms with van der Waals surface area (Å²) in [5.74, 6) is 0.366. The number of hydrogen-bond donors (Lipinski definition) is 1. The summed E-state index contributed by atoms with van der Waals surface area (Å²) in [5, 5.41) is 0. The Morgan fingerprint density at radius 3 is 1.87 bits per heavy atom. The monoisotopic (exact) mass is 219 g/mol. The fourth-order valence-electron chi connectivity index (χ4n) is 1.50. The van der Waals surface area contributed by atoms with Crippen molar-refractivity contribution in [3.63, 3.8) is 0 Å². The molecule has 15 heavy (non-hydrogen) atoms. The van der Waals surface area contributed by atoms with Crippen molar-refractivity contribution in [1.82, 2.24) is 0 Å². The molecule has 0 unspecified atom stereocenters. The fraction of sp³-hybridized carbons (Fsp3) is 0.0769. The van der Waals surface area contributed by atoms with E-state index in [4.69, 9.17) is 5.73 Å². The van der Waals surface area contributed by atoms with Crippen molar-refractivity contribution >= 4 is 18.1 Å². The second-order valence-corrected chi connectivity index (χ2v) is 3.35. The first-order valence-electron chi connectivity index (χ1n) is 4.73. The molecule has 1 aromatic carbocycles. The minimum atomic E-state index is 0. The van der Waals surface area contributed by atoms with Gasteiger partial charge in [-0.05, 0) is 17.7 Å². The first kappa shape index (κ1) is 11.6. The molecule has 0 fully saturated rings. The van der Waals surface area contributed by atoms with E-state index in [-0.39, 0.29) is 12.4 Å². The third-order valence-electron chi connectivity index (χ3n) is 2.29. The summed E-state index contributed by atoms with van der Waals surface area (Å²) < 4.78 is 0. The molecule has 0 atom stereocenters. The van der Waals surface area contributed by atoms with E-state index in [0.29, 0.717) is 5.92 Å². The van der Waals surface area contributed by atoms with Crippen molar-refractivity contribution in [2.24, 2.45) is 0 Å². The average Bonchev–Trinajstić information content (AvgIpc) is 2.47. The predicted molar refractivity (Wildman–Crippen MR) is 68.3 cm³/mol. The fourth-order valence-corrected chi connectivity index (χ4v) is 1.50. The van der Waals surface area contributed by atoms with E-state index in [1.807, 2.05) is 24.3 Å². The third-order valence-corrected chi connectivity index (χ3v) is 2.29. The van der Waals surface area contributed by atoms with E-state index in [9.17, 15) is 0 Å². The lowest BCUT2D eigenvalue weighted by molar-refractivity contribution is 1.09. The van der Waals surface area contributed by atoms with Crippen LogP contribution in [0.4, 0.5) is 5.69 Å². The van der Waals surface area contributed by atoms with Crippen LogP contribution in [0.15, 0.2) is 60.7 Å². The van der Waals surface area contributed by atoms with Crippen LogP contribution in [0.3, 0.4) is 0 Å². The van der Waals surface area contributed by atoms with Gasteiger partial charge in [-0.2, -0.15) is 0 Å². The molecule has 0 aliphatic heterocycles. The number of benzene rings is 1. The molecule has 0 radical (unpaired) electrons. The molecule has 2 N–H and O–H groups in total. The molecular weight excluding hydrogens is 206 g/mol. The van der Waals surface area contributed by atoms with Gasteiger partial charge < -0.3 is 5.73 Å². The molecule has 0 aromatic heterocycles. The zero-order valence-corrected chi connectivity index (χ0v) is 9.15. The van der Waals surface area contributed by atoms with Gasteiger partial charge in [0.05, 0.1) is 0 Å². The summed E-state index contributed by atoms with van der Waals surface area (Å²) in [4.78, 5) is 0. The van der Waals surface area contributed by atoms with Gasteiger partial charge in [0.25, 0.3) is 0 Å². The SMILES string of the molecule is Cl.Nc1ccc(C2C=CC=CC=C2)cc1. The lowest BCUT2D eigenvalue weighted by Crippen LogP contribution is -1.91. The smallest absolute Gasteiger partial charge is 0.0314 e. The van der Waals surface area contributed by atoms with E-state index >= 15 is 0 Å². The molecule has 1 aliphatic carbocycles. The van der Waals surface area contributed by atoms with Crippen molar-refractivity contribution in [3.05, 3.63) is 66.3 Å². The van der Waals surface area contributed by atoms with E-state index in [2.05, 4.69) is 36.4 Å². The minimum absolute atomic E-state index is 0. The lowest BCUT2D eigenvalue weighted by Gasteiger charge is -2.07. The Balaban J connectivity index is 0.00000112. The Labute approximate surface area is 96.4 Å². The normalized spacial score (nSPS) is 14.7. The Kier molecular flexibility index (Phi) is 4.19. The number of nitrogens with two attached hydrogens (primary N) is 1. The van der Waals surface area contributed by atoms with E-state index in [0.717, 1.165) is 5.69 Å². The molecule has 1 aromatic rings. The Morgan fingerprint density at radius 1 is 0.800 bits per heavy atom. The molecule has 0 heterocycles. The molecule has 1 nitrogen and oxygen atoms in total. The van der Waals surface area contributed by atoms with Gasteiger partial charge in [0.2, 0.25) is 0 Å². The van der Waals surface area contributed by atoms with Crippen molar-refractivity contribution in [2.45, 2.75) is 5.92 Å². The minimum Gasteiger partial charge on any atom is -0.399 e. The van der Waals surface area contributed by atoms with Crippen LogP contribution in [-0.4, -0.2) is 0 Å². The molecule has 0 saturated carbocycles. The van der Waals surface area contributed by atoms with Gasteiger partial charge in [0.1, 0.15) is 0 Å². The van der Waals surface area contributed by atoms with Gasteiger partial charge in [0.15, 0.2) is 0 Å². The molecule has 0 amide bonds. The van der Waals surface area contributed by atoms with Gasteiger partial charge in [-0.3, -0.25) is 0 Å². The van der Waals surface area contributed by atoms with Crippen LogP contribution in [0.1, 0.15) is 11.5 Å². The van der Waals surface area contributed by atoms with Crippen molar-refractivity contribution in [3.8, 4) is 0 Å². The molecule has 0 bridgehead atoms. The maximum atomic E-state index is 5.64. The second kappa shape index (κ2) is 5.42. The third kappa shape index (κ3) is 3.00. The Hall–Kier alpha value is -1.47. The van der Waals surface area contributed by atoms with Gasteiger partial charge in [-0.15, -0.1) is 12.4 Å². The molecule has 78 valence electrons. The highest BCUT2D eigenvalue weighted by molar-refractivity contribution is 5.85. The van der Waals surface area contributed by atoms with Gasteiger partial charge in [0, 0.05) is 11.6 Å². The highest BCUT2D eigenvalue weighted by Gasteiger charge is 2.03. The number of halogens is 1. The second-order valence-electron chi connectivity index (χ2n) is 3.35. The summed E-state index contributed by atoms with van der Waals surface area (Å²) in [6, 6.07) is 8.02. The van der Waals surface area contributed by atoms with Crippen molar-refractivity contribution in [1.29, 1.82) is 0 Å². The summed E-state index contributed by atoms with van der Waals surface area (Å²) in [5.41, 5.74) is 7.73. The largest absolute Gasteiger partial charge is 0.399 e. The van der Waals surface area contributed by atoms with Gasteiger partial charge in [-0.25, -0.2) is 0 Å². The van der Waals surface area contributed by atoms with Gasteiger partial charge in [-0.1, -0.05) is 48.6 Å². The maximum Gasteiger partial charge on any atom is 0.0314 e. The standard InChI is InChI=1S/C13H13N.ClH/c14-13-9-7-12(8-10-13)11-5-3-1-2-4-6-11;/h1-11H,14H2;1H. The number of hydrogen-bond acceptors (Lipinski definition) is 1. The quantitative estimate of drug-likeness (QED) is 0.720.